The van der Waals surface area contributed by atoms with Crippen molar-refractivity contribution in [2.45, 2.75) is 57.2 Å². The van der Waals surface area contributed by atoms with E-state index in [-0.39, 0.29) is 0 Å². The summed E-state index contributed by atoms with van der Waals surface area (Å²) in [6.45, 7) is 2.28. The van der Waals surface area contributed by atoms with Gasteiger partial charge in [-0.1, -0.05) is 18.9 Å². The van der Waals surface area contributed by atoms with Crippen LogP contribution in [0.25, 0.3) is 0 Å². The van der Waals surface area contributed by atoms with Gasteiger partial charge in [-0.15, -0.1) is 11.3 Å². The zero-order valence-electron chi connectivity index (χ0n) is 10.8. The Kier molecular flexibility index (Phi) is 5.01. The van der Waals surface area contributed by atoms with Crippen LogP contribution >= 0.6 is 11.3 Å². The molecule has 0 amide bonds. The molecule has 3 heteroatoms. The van der Waals surface area contributed by atoms with Gasteiger partial charge in [0, 0.05) is 24.1 Å². The molecule has 0 aromatic carbocycles. The van der Waals surface area contributed by atoms with Crippen LogP contribution in [0.5, 0.6) is 0 Å². The normalized spacial score (nSPS) is 26.9. The second-order valence-electron chi connectivity index (χ2n) is 5.02. The predicted molar refractivity (Wildman–Crippen MR) is 73.7 cm³/mol. The average Bonchev–Trinajstić information content (AvgIpc) is 2.82. The quantitative estimate of drug-likeness (QED) is 0.870. The largest absolute Gasteiger partial charge is 0.380 e. The third kappa shape index (κ3) is 3.80. The lowest BCUT2D eigenvalue weighted by Crippen LogP contribution is -2.47. The first-order valence-corrected chi connectivity index (χ1v) is 7.49. The van der Waals surface area contributed by atoms with Crippen molar-refractivity contribution in [1.29, 1.82) is 0 Å². The van der Waals surface area contributed by atoms with Crippen LogP contribution in [0.4, 0.5) is 0 Å². The summed E-state index contributed by atoms with van der Waals surface area (Å²) in [5.74, 6) is 0. The Labute approximate surface area is 108 Å². The molecule has 1 saturated carbocycles. The molecule has 17 heavy (non-hydrogen) atoms. The number of rotatable bonds is 5. The molecular formula is C14H23NOS. The van der Waals surface area contributed by atoms with E-state index in [4.69, 9.17) is 4.74 Å². The molecule has 0 saturated heterocycles. The Morgan fingerprint density at radius 3 is 3.00 bits per heavy atom. The van der Waals surface area contributed by atoms with E-state index in [0.29, 0.717) is 18.2 Å². The number of hydrogen-bond donors (Lipinski definition) is 1. The van der Waals surface area contributed by atoms with Gasteiger partial charge >= 0.3 is 0 Å². The molecule has 0 aliphatic heterocycles. The molecule has 1 aromatic heterocycles. The minimum Gasteiger partial charge on any atom is -0.380 e. The van der Waals surface area contributed by atoms with Crippen molar-refractivity contribution in [1.82, 2.24) is 5.32 Å². The number of nitrogens with one attached hydrogen (secondary N) is 1. The van der Waals surface area contributed by atoms with Gasteiger partial charge in [0.05, 0.1) is 6.10 Å². The molecule has 2 nitrogen and oxygen atoms in total. The van der Waals surface area contributed by atoms with Gasteiger partial charge in [0.1, 0.15) is 0 Å². The van der Waals surface area contributed by atoms with Crippen LogP contribution in [0.3, 0.4) is 0 Å². The van der Waals surface area contributed by atoms with Crippen LogP contribution in [-0.2, 0) is 11.2 Å². The SMILES string of the molecule is COC1CCCCC1NC(C)Cc1cccs1. The smallest absolute Gasteiger partial charge is 0.0724 e. The Bertz CT molecular complexity index is 312. The van der Waals surface area contributed by atoms with E-state index in [1.54, 1.807) is 0 Å². The lowest BCUT2D eigenvalue weighted by atomic mass is 9.91. The maximum atomic E-state index is 5.58. The second kappa shape index (κ2) is 6.53. The van der Waals surface area contributed by atoms with Gasteiger partial charge < -0.3 is 10.1 Å². The number of hydrogen-bond acceptors (Lipinski definition) is 3. The highest BCUT2D eigenvalue weighted by Gasteiger charge is 2.25. The molecule has 3 unspecified atom stereocenters. The predicted octanol–water partition coefficient (Wildman–Crippen LogP) is 3.23. The van der Waals surface area contributed by atoms with Crippen molar-refractivity contribution in [3.05, 3.63) is 22.4 Å². The van der Waals surface area contributed by atoms with Crippen LogP contribution in [0.1, 0.15) is 37.5 Å². The Morgan fingerprint density at radius 2 is 2.29 bits per heavy atom. The van der Waals surface area contributed by atoms with E-state index in [1.165, 1.54) is 30.6 Å². The second-order valence-corrected chi connectivity index (χ2v) is 6.05. The van der Waals surface area contributed by atoms with Crippen molar-refractivity contribution in [2.75, 3.05) is 7.11 Å². The van der Waals surface area contributed by atoms with E-state index in [0.717, 1.165) is 6.42 Å². The summed E-state index contributed by atoms with van der Waals surface area (Å²) < 4.78 is 5.58. The Balaban J connectivity index is 1.82. The molecule has 3 atom stereocenters. The fraction of sp³-hybridized carbons (Fsp3) is 0.714. The van der Waals surface area contributed by atoms with E-state index in [1.807, 2.05) is 18.4 Å². The zero-order chi connectivity index (χ0) is 12.1. The van der Waals surface area contributed by atoms with Crippen molar-refractivity contribution < 1.29 is 4.74 Å². The standard InChI is InChI=1S/C14H23NOS/c1-11(10-12-6-5-9-17-12)15-13-7-3-4-8-14(13)16-2/h5-6,9,11,13-15H,3-4,7-8,10H2,1-2H3. The molecule has 0 bridgehead atoms. The van der Waals surface area contributed by atoms with Crippen LogP contribution in [0.15, 0.2) is 17.5 Å². The molecule has 2 rings (SSSR count). The topological polar surface area (TPSA) is 21.3 Å². The average molecular weight is 253 g/mol. The first kappa shape index (κ1) is 13.1. The third-order valence-electron chi connectivity index (χ3n) is 3.59. The number of methoxy groups -OCH3 is 1. The highest BCUT2D eigenvalue weighted by molar-refractivity contribution is 7.09. The third-order valence-corrected chi connectivity index (χ3v) is 4.49. The lowest BCUT2D eigenvalue weighted by Gasteiger charge is -2.33. The summed E-state index contributed by atoms with van der Waals surface area (Å²) in [5.41, 5.74) is 0. The number of thiophene rings is 1. The number of ether oxygens (including phenoxy) is 1. The first-order chi connectivity index (χ1) is 8.29. The molecule has 0 radical (unpaired) electrons. The van der Waals surface area contributed by atoms with Gasteiger partial charge in [-0.3, -0.25) is 0 Å². The fourth-order valence-corrected chi connectivity index (χ4v) is 3.56. The van der Waals surface area contributed by atoms with Gasteiger partial charge in [0.15, 0.2) is 0 Å². The lowest BCUT2D eigenvalue weighted by molar-refractivity contribution is 0.0385. The summed E-state index contributed by atoms with van der Waals surface area (Å²) in [6, 6.07) is 5.43. The fourth-order valence-electron chi connectivity index (χ4n) is 2.72. The van der Waals surface area contributed by atoms with Crippen LogP contribution < -0.4 is 5.32 Å². The minimum absolute atomic E-state index is 0.412. The maximum absolute atomic E-state index is 5.58. The highest BCUT2D eigenvalue weighted by Crippen LogP contribution is 2.21. The molecule has 1 aromatic rings. The molecule has 96 valence electrons. The van der Waals surface area contributed by atoms with Crippen molar-refractivity contribution in [3.63, 3.8) is 0 Å². The van der Waals surface area contributed by atoms with Gasteiger partial charge in [0.2, 0.25) is 0 Å². The van der Waals surface area contributed by atoms with Crippen molar-refractivity contribution in [2.24, 2.45) is 0 Å². The van der Waals surface area contributed by atoms with Gasteiger partial charge in [-0.2, -0.15) is 0 Å². The Hall–Kier alpha value is -0.380. The summed E-state index contributed by atoms with van der Waals surface area (Å²) >= 11 is 1.85. The van der Waals surface area contributed by atoms with Gasteiger partial charge in [-0.05, 0) is 37.6 Å². The molecule has 1 heterocycles. The van der Waals surface area contributed by atoms with Crippen LogP contribution in [-0.4, -0.2) is 25.3 Å². The molecule has 0 spiro atoms. The summed E-state index contributed by atoms with van der Waals surface area (Å²) in [5, 5.41) is 5.89. The monoisotopic (exact) mass is 253 g/mol. The van der Waals surface area contributed by atoms with E-state index in [2.05, 4.69) is 29.8 Å². The molecule has 1 fully saturated rings. The minimum atomic E-state index is 0.412. The van der Waals surface area contributed by atoms with E-state index >= 15 is 0 Å². The van der Waals surface area contributed by atoms with Crippen molar-refractivity contribution >= 4 is 11.3 Å². The highest BCUT2D eigenvalue weighted by atomic mass is 32.1. The van der Waals surface area contributed by atoms with Crippen molar-refractivity contribution in [3.8, 4) is 0 Å². The molecule has 1 N–H and O–H groups in total. The van der Waals surface area contributed by atoms with Gasteiger partial charge in [0.25, 0.3) is 0 Å². The summed E-state index contributed by atoms with van der Waals surface area (Å²) in [4.78, 5) is 1.47. The maximum Gasteiger partial charge on any atom is 0.0724 e. The van der Waals surface area contributed by atoms with Crippen LogP contribution in [0.2, 0.25) is 0 Å². The molecule has 1 aliphatic rings. The Morgan fingerprint density at radius 1 is 1.47 bits per heavy atom. The summed E-state index contributed by atoms with van der Waals surface area (Å²) in [7, 11) is 1.84. The molecular weight excluding hydrogens is 230 g/mol. The van der Waals surface area contributed by atoms with Gasteiger partial charge in [-0.25, -0.2) is 0 Å². The van der Waals surface area contributed by atoms with E-state index in [9.17, 15) is 0 Å². The summed E-state index contributed by atoms with van der Waals surface area (Å²) in [6.07, 6.45) is 6.66. The molecule has 1 aliphatic carbocycles. The van der Waals surface area contributed by atoms with Crippen LogP contribution in [0, 0.1) is 0 Å². The first-order valence-electron chi connectivity index (χ1n) is 6.61. The zero-order valence-corrected chi connectivity index (χ0v) is 11.6. The van der Waals surface area contributed by atoms with E-state index < -0.39 is 0 Å².